The lowest BCUT2D eigenvalue weighted by atomic mass is 9.97. The summed E-state index contributed by atoms with van der Waals surface area (Å²) in [6.45, 7) is 1.98. The van der Waals surface area contributed by atoms with Crippen LogP contribution in [0.5, 0.6) is 0 Å². The molecule has 1 aliphatic heterocycles. The molecule has 1 rings (SSSR count). The van der Waals surface area contributed by atoms with Crippen LogP contribution in [0.25, 0.3) is 0 Å². The lowest BCUT2D eigenvalue weighted by Gasteiger charge is -2.25. The number of alkyl halides is 1. The maximum Gasteiger partial charge on any atom is 0.118 e. The van der Waals surface area contributed by atoms with Crippen molar-refractivity contribution in [2.24, 2.45) is 5.92 Å². The number of nitrogens with one attached hydrogen (secondary N) is 1. The van der Waals surface area contributed by atoms with Crippen molar-refractivity contribution in [2.45, 2.75) is 12.6 Å². The largest absolute Gasteiger partial charge is 0.384 e. The Kier molecular flexibility index (Phi) is 5.82. The summed E-state index contributed by atoms with van der Waals surface area (Å²) in [6, 6.07) is 0. The first kappa shape index (κ1) is 11.1. The van der Waals surface area contributed by atoms with Crippen LogP contribution >= 0.6 is 12.4 Å². The summed E-state index contributed by atoms with van der Waals surface area (Å²) in [4.78, 5) is 0. The highest BCUT2D eigenvalue weighted by atomic mass is 35.5. The minimum absolute atomic E-state index is 0. The Morgan fingerprint density at radius 1 is 1.64 bits per heavy atom. The number of halogens is 2. The van der Waals surface area contributed by atoms with E-state index in [1.165, 1.54) is 0 Å². The zero-order valence-electron chi connectivity index (χ0n) is 6.68. The van der Waals surface area contributed by atoms with Gasteiger partial charge in [-0.15, -0.1) is 12.4 Å². The molecular weight excluding hydrogens is 169 g/mol. The van der Waals surface area contributed by atoms with Crippen molar-refractivity contribution in [2.75, 3.05) is 26.8 Å². The Morgan fingerprint density at radius 3 is 2.91 bits per heavy atom. The number of ether oxygens (including phenoxy) is 1. The Morgan fingerprint density at radius 2 is 2.36 bits per heavy atom. The van der Waals surface area contributed by atoms with Gasteiger partial charge >= 0.3 is 0 Å². The van der Waals surface area contributed by atoms with Gasteiger partial charge in [0.25, 0.3) is 0 Å². The summed E-state index contributed by atoms with van der Waals surface area (Å²) in [7, 11) is 1.62. The van der Waals surface area contributed by atoms with Crippen LogP contribution in [0.15, 0.2) is 0 Å². The van der Waals surface area contributed by atoms with E-state index in [1.54, 1.807) is 7.11 Å². The van der Waals surface area contributed by atoms with E-state index in [-0.39, 0.29) is 18.3 Å². The molecule has 0 spiro atoms. The van der Waals surface area contributed by atoms with Gasteiger partial charge in [-0.25, -0.2) is 4.39 Å². The zero-order valence-corrected chi connectivity index (χ0v) is 7.49. The van der Waals surface area contributed by atoms with E-state index in [1.807, 2.05) is 0 Å². The Labute approximate surface area is 72.9 Å². The monoisotopic (exact) mass is 183 g/mol. The first-order chi connectivity index (χ1) is 4.84. The molecule has 0 amide bonds. The average molecular weight is 184 g/mol. The molecule has 4 heteroatoms. The van der Waals surface area contributed by atoms with Crippen molar-refractivity contribution in [3.63, 3.8) is 0 Å². The molecule has 0 bridgehead atoms. The fourth-order valence-electron chi connectivity index (χ4n) is 1.28. The van der Waals surface area contributed by atoms with Crippen LogP contribution in [0.2, 0.25) is 0 Å². The number of hydrogen-bond donors (Lipinski definition) is 1. The maximum absolute atomic E-state index is 12.9. The third kappa shape index (κ3) is 3.36. The summed E-state index contributed by atoms with van der Waals surface area (Å²) < 4.78 is 17.8. The van der Waals surface area contributed by atoms with Gasteiger partial charge < -0.3 is 10.1 Å². The van der Waals surface area contributed by atoms with Crippen LogP contribution in [-0.2, 0) is 4.74 Å². The van der Waals surface area contributed by atoms with Crippen molar-refractivity contribution >= 4 is 12.4 Å². The number of rotatable bonds is 2. The summed E-state index contributed by atoms with van der Waals surface area (Å²) in [5.74, 6) is 0.117. The molecule has 2 nitrogen and oxygen atoms in total. The van der Waals surface area contributed by atoms with Crippen molar-refractivity contribution in [1.29, 1.82) is 0 Å². The lowest BCUT2D eigenvalue weighted by Crippen LogP contribution is -2.39. The first-order valence-corrected chi connectivity index (χ1v) is 3.68. The summed E-state index contributed by atoms with van der Waals surface area (Å²) in [5.41, 5.74) is 0. The second-order valence-electron chi connectivity index (χ2n) is 2.72. The highest BCUT2D eigenvalue weighted by Crippen LogP contribution is 2.15. The third-order valence-corrected chi connectivity index (χ3v) is 1.92. The van der Waals surface area contributed by atoms with Gasteiger partial charge in [-0.1, -0.05) is 0 Å². The van der Waals surface area contributed by atoms with Crippen molar-refractivity contribution in [3.05, 3.63) is 0 Å². The Bertz CT molecular complexity index is 102. The fraction of sp³-hybridized carbons (Fsp3) is 1.00. The summed E-state index contributed by atoms with van der Waals surface area (Å²) in [5, 5.41) is 2.99. The van der Waals surface area contributed by atoms with Gasteiger partial charge in [0.2, 0.25) is 0 Å². The second-order valence-corrected chi connectivity index (χ2v) is 2.72. The van der Waals surface area contributed by atoms with Gasteiger partial charge in [-0.3, -0.25) is 0 Å². The molecule has 0 radical (unpaired) electrons. The zero-order chi connectivity index (χ0) is 7.40. The molecule has 1 saturated heterocycles. The Hall–Kier alpha value is 0.140. The predicted octanol–water partition coefficient (Wildman–Crippen LogP) is 1.00. The molecule has 0 unspecified atom stereocenters. The lowest BCUT2D eigenvalue weighted by molar-refractivity contribution is 0.0795. The van der Waals surface area contributed by atoms with Crippen LogP contribution in [0, 0.1) is 5.92 Å². The minimum Gasteiger partial charge on any atom is -0.384 e. The van der Waals surface area contributed by atoms with Crippen LogP contribution in [0.4, 0.5) is 4.39 Å². The molecule has 2 atom stereocenters. The van der Waals surface area contributed by atoms with E-state index in [2.05, 4.69) is 5.32 Å². The predicted molar refractivity (Wildman–Crippen MR) is 45.0 cm³/mol. The smallest absolute Gasteiger partial charge is 0.118 e. The molecule has 1 aliphatic rings. The summed E-state index contributed by atoms with van der Waals surface area (Å²) >= 11 is 0. The first-order valence-electron chi connectivity index (χ1n) is 3.68. The van der Waals surface area contributed by atoms with E-state index < -0.39 is 6.17 Å². The van der Waals surface area contributed by atoms with Crippen molar-refractivity contribution in [1.82, 2.24) is 5.32 Å². The van der Waals surface area contributed by atoms with Gasteiger partial charge in [-0.2, -0.15) is 0 Å². The van der Waals surface area contributed by atoms with E-state index in [4.69, 9.17) is 4.74 Å². The average Bonchev–Trinajstić information content (AvgIpc) is 1.94. The molecule has 0 aliphatic carbocycles. The molecular formula is C7H15ClFNO. The molecule has 0 saturated carbocycles. The van der Waals surface area contributed by atoms with Crippen LogP contribution < -0.4 is 5.32 Å². The van der Waals surface area contributed by atoms with E-state index >= 15 is 0 Å². The quantitative estimate of drug-likeness (QED) is 0.690. The molecule has 0 aromatic rings. The van der Waals surface area contributed by atoms with Crippen molar-refractivity contribution < 1.29 is 9.13 Å². The molecule has 11 heavy (non-hydrogen) atoms. The summed E-state index contributed by atoms with van der Waals surface area (Å²) in [6.07, 6.45) is 0.184. The second kappa shape index (κ2) is 5.75. The standard InChI is InChI=1S/C7H14FNO.ClH/c1-10-5-6-2-3-9-4-7(6)8;/h6-7,9H,2-5H2,1H3;1H/t6-,7-;/m0./s1. The SMILES string of the molecule is COC[C@@H]1CCNC[C@@H]1F.Cl. The number of hydrogen-bond acceptors (Lipinski definition) is 2. The molecule has 0 aromatic carbocycles. The molecule has 68 valence electrons. The number of methoxy groups -OCH3 is 1. The van der Waals surface area contributed by atoms with Crippen LogP contribution in [0.3, 0.4) is 0 Å². The normalized spacial score (nSPS) is 31.1. The molecule has 0 aromatic heterocycles. The highest BCUT2D eigenvalue weighted by molar-refractivity contribution is 5.85. The van der Waals surface area contributed by atoms with Gasteiger partial charge in [-0.05, 0) is 13.0 Å². The van der Waals surface area contributed by atoms with E-state index in [9.17, 15) is 4.39 Å². The molecule has 1 heterocycles. The minimum atomic E-state index is -0.714. The number of piperidine rings is 1. The van der Waals surface area contributed by atoms with Crippen LogP contribution in [-0.4, -0.2) is 33.0 Å². The van der Waals surface area contributed by atoms with Gasteiger partial charge in [0.1, 0.15) is 6.17 Å². The highest BCUT2D eigenvalue weighted by Gasteiger charge is 2.23. The topological polar surface area (TPSA) is 21.3 Å². The Balaban J connectivity index is 0.000001000. The third-order valence-electron chi connectivity index (χ3n) is 1.92. The van der Waals surface area contributed by atoms with E-state index in [0.29, 0.717) is 13.2 Å². The molecule has 1 fully saturated rings. The van der Waals surface area contributed by atoms with Gasteiger partial charge in [0, 0.05) is 19.6 Å². The van der Waals surface area contributed by atoms with Gasteiger partial charge in [0.05, 0.1) is 6.61 Å². The fourth-order valence-corrected chi connectivity index (χ4v) is 1.28. The molecule has 1 N–H and O–H groups in total. The van der Waals surface area contributed by atoms with Crippen LogP contribution in [0.1, 0.15) is 6.42 Å². The van der Waals surface area contributed by atoms with E-state index in [0.717, 1.165) is 13.0 Å². The van der Waals surface area contributed by atoms with Crippen molar-refractivity contribution in [3.8, 4) is 0 Å². The maximum atomic E-state index is 12.9. The van der Waals surface area contributed by atoms with Gasteiger partial charge in [0.15, 0.2) is 0 Å².